The van der Waals surface area contributed by atoms with Gasteiger partial charge in [-0.2, -0.15) is 0 Å². The standard InChI is InChI=1S/C23H30N4O2/c1-4-6-13-26(14-7-5-2)20(28)16-18-15-17(3)21-22(24-18)25-27(23(21)29)19-11-9-8-10-12-19/h8-12,15H,4-7,13-14,16H2,1-3H3,(H,24,25). The van der Waals surface area contributed by atoms with E-state index in [2.05, 4.69) is 23.9 Å². The van der Waals surface area contributed by atoms with Crippen LogP contribution in [-0.2, 0) is 11.2 Å². The van der Waals surface area contributed by atoms with Crippen molar-refractivity contribution in [2.75, 3.05) is 13.1 Å². The summed E-state index contributed by atoms with van der Waals surface area (Å²) in [6.07, 6.45) is 4.39. The Hall–Kier alpha value is -2.89. The second kappa shape index (κ2) is 9.54. The van der Waals surface area contributed by atoms with Crippen LogP contribution in [0.5, 0.6) is 0 Å². The van der Waals surface area contributed by atoms with Crippen LogP contribution in [0.1, 0.15) is 50.8 Å². The highest BCUT2D eigenvalue weighted by Crippen LogP contribution is 2.16. The van der Waals surface area contributed by atoms with Gasteiger partial charge >= 0.3 is 0 Å². The Morgan fingerprint density at radius 3 is 2.38 bits per heavy atom. The van der Waals surface area contributed by atoms with Crippen molar-refractivity contribution in [1.29, 1.82) is 0 Å². The third-order valence-corrected chi connectivity index (χ3v) is 5.17. The Morgan fingerprint density at radius 2 is 1.76 bits per heavy atom. The summed E-state index contributed by atoms with van der Waals surface area (Å²) in [5.74, 6) is 0.1000. The van der Waals surface area contributed by atoms with Gasteiger partial charge in [-0.05, 0) is 43.5 Å². The highest BCUT2D eigenvalue weighted by Gasteiger charge is 2.17. The molecule has 29 heavy (non-hydrogen) atoms. The molecule has 3 rings (SSSR count). The van der Waals surface area contributed by atoms with Crippen molar-refractivity contribution in [3.8, 4) is 5.69 Å². The molecule has 1 N–H and O–H groups in total. The van der Waals surface area contributed by atoms with Gasteiger partial charge in [-0.1, -0.05) is 44.9 Å². The number of aromatic nitrogens is 3. The van der Waals surface area contributed by atoms with E-state index in [1.54, 1.807) is 0 Å². The van der Waals surface area contributed by atoms with Crippen LogP contribution in [0.15, 0.2) is 41.2 Å². The van der Waals surface area contributed by atoms with Crippen molar-refractivity contribution < 1.29 is 4.79 Å². The minimum absolute atomic E-state index is 0.1000. The molecule has 0 radical (unpaired) electrons. The van der Waals surface area contributed by atoms with Gasteiger partial charge in [-0.3, -0.25) is 14.7 Å². The van der Waals surface area contributed by atoms with E-state index in [9.17, 15) is 9.59 Å². The number of H-pyrrole nitrogens is 1. The smallest absolute Gasteiger partial charge is 0.281 e. The second-order valence-electron chi connectivity index (χ2n) is 7.51. The summed E-state index contributed by atoms with van der Waals surface area (Å²) in [7, 11) is 0. The fourth-order valence-corrected chi connectivity index (χ4v) is 3.54. The molecule has 0 saturated heterocycles. The van der Waals surface area contributed by atoms with Gasteiger partial charge in [0.1, 0.15) is 0 Å². The zero-order valence-electron chi connectivity index (χ0n) is 17.6. The van der Waals surface area contributed by atoms with Crippen LogP contribution in [0, 0.1) is 6.92 Å². The molecule has 0 fully saturated rings. The first-order chi connectivity index (χ1) is 14.0. The zero-order valence-corrected chi connectivity index (χ0v) is 17.6. The van der Waals surface area contributed by atoms with Gasteiger partial charge in [-0.25, -0.2) is 9.67 Å². The van der Waals surface area contributed by atoms with E-state index >= 15 is 0 Å². The molecule has 0 spiro atoms. The predicted octanol–water partition coefficient (Wildman–Crippen LogP) is 3.99. The van der Waals surface area contributed by atoms with Crippen LogP contribution in [0.2, 0.25) is 0 Å². The molecular formula is C23H30N4O2. The highest BCUT2D eigenvalue weighted by atomic mass is 16.2. The lowest BCUT2D eigenvalue weighted by atomic mass is 10.1. The molecule has 0 saturated carbocycles. The molecule has 1 aromatic carbocycles. The summed E-state index contributed by atoms with van der Waals surface area (Å²) in [6, 6.07) is 11.3. The van der Waals surface area contributed by atoms with Crippen LogP contribution in [0.25, 0.3) is 16.7 Å². The number of amides is 1. The van der Waals surface area contributed by atoms with Crippen LogP contribution in [0.4, 0.5) is 0 Å². The Balaban J connectivity index is 1.88. The van der Waals surface area contributed by atoms with Gasteiger partial charge in [-0.15, -0.1) is 0 Å². The number of nitrogens with one attached hydrogen (secondary N) is 1. The molecule has 0 bridgehead atoms. The average Bonchev–Trinajstić information content (AvgIpc) is 3.05. The molecule has 6 nitrogen and oxygen atoms in total. The Kier molecular flexibility index (Phi) is 6.86. The van der Waals surface area contributed by atoms with E-state index < -0.39 is 0 Å². The van der Waals surface area contributed by atoms with E-state index in [0.717, 1.165) is 50.0 Å². The minimum atomic E-state index is -0.124. The maximum absolute atomic E-state index is 12.9. The van der Waals surface area contributed by atoms with E-state index in [0.29, 0.717) is 16.7 Å². The summed E-state index contributed by atoms with van der Waals surface area (Å²) >= 11 is 0. The molecule has 0 aliphatic rings. The maximum Gasteiger partial charge on any atom is 0.281 e. The number of benzene rings is 1. The number of fused-ring (bicyclic) bond motifs is 1. The van der Waals surface area contributed by atoms with Crippen molar-refractivity contribution in [2.24, 2.45) is 0 Å². The number of hydrogen-bond acceptors (Lipinski definition) is 3. The minimum Gasteiger partial charge on any atom is -0.342 e. The van der Waals surface area contributed by atoms with Gasteiger partial charge < -0.3 is 4.90 Å². The largest absolute Gasteiger partial charge is 0.342 e. The summed E-state index contributed by atoms with van der Waals surface area (Å²) < 4.78 is 1.51. The first kappa shape index (κ1) is 20.8. The van der Waals surface area contributed by atoms with Crippen LogP contribution < -0.4 is 5.56 Å². The number of carbonyl (C=O) groups is 1. The van der Waals surface area contributed by atoms with Crippen molar-refractivity contribution >= 4 is 16.9 Å². The topological polar surface area (TPSA) is 71.0 Å². The lowest BCUT2D eigenvalue weighted by Gasteiger charge is -2.22. The monoisotopic (exact) mass is 394 g/mol. The fraction of sp³-hybridized carbons (Fsp3) is 0.435. The molecule has 6 heteroatoms. The average molecular weight is 395 g/mol. The third-order valence-electron chi connectivity index (χ3n) is 5.17. The third kappa shape index (κ3) is 4.75. The summed E-state index contributed by atoms with van der Waals surface area (Å²) in [6.45, 7) is 7.74. The summed E-state index contributed by atoms with van der Waals surface area (Å²) in [5, 5.41) is 3.67. The van der Waals surface area contributed by atoms with Crippen molar-refractivity contribution in [2.45, 2.75) is 52.9 Å². The fourth-order valence-electron chi connectivity index (χ4n) is 3.54. The number of para-hydroxylation sites is 1. The summed E-state index contributed by atoms with van der Waals surface area (Å²) in [5.41, 5.74) is 2.69. The van der Waals surface area contributed by atoms with Crippen molar-refractivity contribution in [1.82, 2.24) is 19.7 Å². The Bertz CT molecular complexity index is 1010. The number of pyridine rings is 1. The molecule has 1 amide bonds. The lowest BCUT2D eigenvalue weighted by Crippen LogP contribution is -2.34. The maximum atomic E-state index is 12.9. The van der Waals surface area contributed by atoms with Crippen LogP contribution >= 0.6 is 0 Å². The number of rotatable bonds is 9. The number of aromatic amines is 1. The first-order valence-corrected chi connectivity index (χ1v) is 10.5. The van der Waals surface area contributed by atoms with Gasteiger partial charge in [0, 0.05) is 13.1 Å². The second-order valence-corrected chi connectivity index (χ2v) is 7.51. The number of unbranched alkanes of at least 4 members (excludes halogenated alkanes) is 2. The molecule has 2 heterocycles. The number of aryl methyl sites for hydroxylation is 1. The van der Waals surface area contributed by atoms with Gasteiger partial charge in [0.15, 0.2) is 5.65 Å². The summed E-state index contributed by atoms with van der Waals surface area (Å²) in [4.78, 5) is 32.3. The Morgan fingerprint density at radius 1 is 1.10 bits per heavy atom. The quantitative estimate of drug-likeness (QED) is 0.596. The molecular weight excluding hydrogens is 364 g/mol. The molecule has 154 valence electrons. The van der Waals surface area contributed by atoms with E-state index in [4.69, 9.17) is 0 Å². The molecule has 0 aliphatic carbocycles. The normalized spacial score (nSPS) is 11.1. The molecule has 2 aromatic heterocycles. The van der Waals surface area contributed by atoms with E-state index in [1.165, 1.54) is 4.68 Å². The van der Waals surface area contributed by atoms with Gasteiger partial charge in [0.05, 0.1) is 23.2 Å². The number of carbonyl (C=O) groups excluding carboxylic acids is 1. The molecule has 0 atom stereocenters. The molecule has 3 aromatic rings. The van der Waals surface area contributed by atoms with Crippen LogP contribution in [0.3, 0.4) is 0 Å². The molecule has 0 aliphatic heterocycles. The SMILES string of the molecule is CCCCN(CCCC)C(=O)Cc1cc(C)c2c(=O)n(-c3ccccc3)[nH]c2n1. The Labute approximate surface area is 171 Å². The highest BCUT2D eigenvalue weighted by molar-refractivity contribution is 5.82. The predicted molar refractivity (Wildman–Crippen MR) is 117 cm³/mol. The lowest BCUT2D eigenvalue weighted by molar-refractivity contribution is -0.130. The van der Waals surface area contributed by atoms with Crippen molar-refractivity contribution in [3.63, 3.8) is 0 Å². The first-order valence-electron chi connectivity index (χ1n) is 10.5. The molecule has 0 unspecified atom stereocenters. The van der Waals surface area contributed by atoms with E-state index in [-0.39, 0.29) is 17.9 Å². The zero-order chi connectivity index (χ0) is 20.8. The number of nitrogens with zero attached hydrogens (tertiary/aromatic N) is 3. The van der Waals surface area contributed by atoms with Crippen LogP contribution in [-0.4, -0.2) is 38.7 Å². The van der Waals surface area contributed by atoms with Gasteiger partial charge in [0.25, 0.3) is 5.56 Å². The van der Waals surface area contributed by atoms with Crippen molar-refractivity contribution in [3.05, 3.63) is 58.0 Å². The van der Waals surface area contributed by atoms with E-state index in [1.807, 2.05) is 48.2 Å². The van der Waals surface area contributed by atoms with Gasteiger partial charge in [0.2, 0.25) is 5.91 Å². The number of hydrogen-bond donors (Lipinski definition) is 1.